The van der Waals surface area contributed by atoms with Gasteiger partial charge in [-0.3, -0.25) is 14.4 Å². The number of anilines is 2. The number of hydrogen-bond acceptors (Lipinski definition) is 7. The molecular weight excluding hydrogens is 638 g/mol. The summed E-state index contributed by atoms with van der Waals surface area (Å²) < 4.78 is 16.3. The van der Waals surface area contributed by atoms with E-state index in [-0.39, 0.29) is 11.6 Å². The number of amides is 3. The van der Waals surface area contributed by atoms with Crippen molar-refractivity contribution in [3.05, 3.63) is 112 Å². The summed E-state index contributed by atoms with van der Waals surface area (Å²) in [5.74, 6) is -0.0240. The molecule has 1 unspecified atom stereocenters. The fourth-order valence-electron chi connectivity index (χ4n) is 4.52. The highest BCUT2D eigenvalue weighted by Crippen LogP contribution is 2.39. The molecule has 9 nitrogen and oxygen atoms in total. The second-order valence-corrected chi connectivity index (χ2v) is 12.0. The summed E-state index contributed by atoms with van der Waals surface area (Å²) in [5, 5.41) is 8.72. The summed E-state index contributed by atoms with van der Waals surface area (Å²) in [6.45, 7) is 3.83. The minimum Gasteiger partial charge on any atom is -0.493 e. The van der Waals surface area contributed by atoms with Crippen LogP contribution in [0.25, 0.3) is 6.08 Å². The summed E-state index contributed by atoms with van der Waals surface area (Å²) in [6.07, 6.45) is 2.09. The first-order valence-corrected chi connectivity index (χ1v) is 15.9. The summed E-state index contributed by atoms with van der Waals surface area (Å²) in [7, 11) is 4.48. The van der Waals surface area contributed by atoms with Gasteiger partial charge in [-0.25, -0.2) is 0 Å². The first-order valence-electron chi connectivity index (χ1n) is 14.7. The van der Waals surface area contributed by atoms with E-state index < -0.39 is 17.1 Å². The third kappa shape index (κ3) is 9.31. The average molecular weight is 674 g/mol. The zero-order valence-corrected chi connectivity index (χ0v) is 28.3. The SMILES string of the molecule is CCC(Sc1cccc(NC(=O)/C(=C\c2cc(OC)c(OC)c(OC)c2)NC(=O)c2ccccc2)c1)C(=O)Nc1ccc(C)c(Cl)c1. The van der Waals surface area contributed by atoms with Crippen LogP contribution in [0, 0.1) is 6.92 Å². The molecule has 0 bridgehead atoms. The van der Waals surface area contributed by atoms with Gasteiger partial charge in [-0.05, 0) is 85.1 Å². The lowest BCUT2D eigenvalue weighted by Gasteiger charge is -2.16. The van der Waals surface area contributed by atoms with Crippen molar-refractivity contribution < 1.29 is 28.6 Å². The molecule has 0 aromatic heterocycles. The predicted molar refractivity (Wildman–Crippen MR) is 188 cm³/mol. The zero-order valence-electron chi connectivity index (χ0n) is 26.7. The van der Waals surface area contributed by atoms with Crippen molar-refractivity contribution in [2.45, 2.75) is 30.4 Å². The number of aryl methyl sites for hydroxylation is 1. The van der Waals surface area contributed by atoms with E-state index in [1.54, 1.807) is 66.7 Å². The maximum absolute atomic E-state index is 13.7. The minimum absolute atomic E-state index is 0.0197. The van der Waals surface area contributed by atoms with Gasteiger partial charge < -0.3 is 30.2 Å². The fraction of sp³-hybridized carbons (Fsp3) is 0.194. The fourth-order valence-corrected chi connectivity index (χ4v) is 5.71. The van der Waals surface area contributed by atoms with E-state index in [1.165, 1.54) is 39.2 Å². The number of nitrogens with one attached hydrogen (secondary N) is 3. The lowest BCUT2D eigenvalue weighted by Crippen LogP contribution is -2.30. The van der Waals surface area contributed by atoms with E-state index in [0.717, 1.165) is 10.5 Å². The Kier molecular flexibility index (Phi) is 12.3. The van der Waals surface area contributed by atoms with Crippen LogP contribution >= 0.6 is 23.4 Å². The molecule has 4 rings (SSSR count). The smallest absolute Gasteiger partial charge is 0.272 e. The highest BCUT2D eigenvalue weighted by atomic mass is 35.5. The topological polar surface area (TPSA) is 115 Å². The van der Waals surface area contributed by atoms with E-state index in [0.29, 0.717) is 51.2 Å². The first kappa shape index (κ1) is 34.9. The maximum atomic E-state index is 13.7. The molecule has 244 valence electrons. The molecule has 0 heterocycles. The number of ether oxygens (including phenoxy) is 3. The number of benzene rings is 4. The van der Waals surface area contributed by atoms with Crippen LogP contribution in [-0.2, 0) is 9.59 Å². The normalized spacial score (nSPS) is 11.7. The molecule has 3 amide bonds. The molecule has 0 fully saturated rings. The summed E-state index contributed by atoms with van der Waals surface area (Å²) >= 11 is 7.61. The molecule has 11 heteroatoms. The molecule has 0 spiro atoms. The van der Waals surface area contributed by atoms with Gasteiger partial charge in [0.2, 0.25) is 11.7 Å². The Balaban J connectivity index is 1.58. The Morgan fingerprint density at radius 2 is 1.51 bits per heavy atom. The molecule has 47 heavy (non-hydrogen) atoms. The van der Waals surface area contributed by atoms with E-state index >= 15 is 0 Å². The first-order chi connectivity index (χ1) is 22.6. The Labute approximate surface area is 283 Å². The van der Waals surface area contributed by atoms with Gasteiger partial charge in [-0.15, -0.1) is 11.8 Å². The van der Waals surface area contributed by atoms with Crippen LogP contribution in [-0.4, -0.2) is 44.3 Å². The van der Waals surface area contributed by atoms with Crippen LogP contribution in [0.2, 0.25) is 5.02 Å². The van der Waals surface area contributed by atoms with Crippen molar-refractivity contribution >= 4 is 58.5 Å². The molecule has 0 aliphatic rings. The van der Waals surface area contributed by atoms with E-state index in [9.17, 15) is 14.4 Å². The van der Waals surface area contributed by atoms with Gasteiger partial charge in [0.05, 0.1) is 26.6 Å². The van der Waals surface area contributed by atoms with Gasteiger partial charge in [0.15, 0.2) is 11.5 Å². The number of carbonyl (C=O) groups excluding carboxylic acids is 3. The third-order valence-corrected chi connectivity index (χ3v) is 8.76. The lowest BCUT2D eigenvalue weighted by molar-refractivity contribution is -0.116. The molecule has 1 atom stereocenters. The molecule has 0 radical (unpaired) electrons. The second-order valence-electron chi connectivity index (χ2n) is 10.3. The largest absolute Gasteiger partial charge is 0.493 e. The number of rotatable bonds is 13. The van der Waals surface area contributed by atoms with Crippen LogP contribution in [0.4, 0.5) is 11.4 Å². The summed E-state index contributed by atoms with van der Waals surface area (Å²) in [6, 6.07) is 24.5. The molecular formula is C36H36ClN3O6S. The highest BCUT2D eigenvalue weighted by molar-refractivity contribution is 8.00. The zero-order chi connectivity index (χ0) is 33.9. The van der Waals surface area contributed by atoms with Crippen molar-refractivity contribution in [2.75, 3.05) is 32.0 Å². The molecule has 4 aromatic rings. The molecule has 0 saturated carbocycles. The van der Waals surface area contributed by atoms with Gasteiger partial charge in [-0.2, -0.15) is 0 Å². The second kappa shape index (κ2) is 16.6. The van der Waals surface area contributed by atoms with Crippen LogP contribution in [0.3, 0.4) is 0 Å². The van der Waals surface area contributed by atoms with Crippen molar-refractivity contribution in [2.24, 2.45) is 0 Å². The molecule has 4 aromatic carbocycles. The Bertz CT molecular complexity index is 1760. The standard InChI is InChI=1S/C36H36ClN3O6S/c1-6-32(36(43)39-26-16-15-22(2)28(37)21-26)47-27-14-10-13-25(20-27)38-35(42)29(40-34(41)24-11-8-7-9-12-24)17-23-18-30(44-3)33(46-5)31(19-23)45-4/h7-21,32H,6H2,1-5H3,(H,38,42)(H,39,43)(H,40,41)/b29-17+. The van der Waals surface area contributed by atoms with Crippen molar-refractivity contribution in [3.63, 3.8) is 0 Å². The molecule has 0 aliphatic heterocycles. The third-order valence-electron chi connectivity index (χ3n) is 7.00. The minimum atomic E-state index is -0.564. The monoisotopic (exact) mass is 673 g/mol. The van der Waals surface area contributed by atoms with Gasteiger partial charge in [0.25, 0.3) is 11.8 Å². The van der Waals surface area contributed by atoms with Crippen LogP contribution in [0.1, 0.15) is 34.8 Å². The molecule has 3 N–H and O–H groups in total. The average Bonchev–Trinajstić information content (AvgIpc) is 3.08. The summed E-state index contributed by atoms with van der Waals surface area (Å²) in [5.41, 5.74) is 2.90. The number of hydrogen-bond donors (Lipinski definition) is 3. The van der Waals surface area contributed by atoms with Crippen molar-refractivity contribution in [3.8, 4) is 17.2 Å². The van der Waals surface area contributed by atoms with Gasteiger partial charge >= 0.3 is 0 Å². The molecule has 0 saturated heterocycles. The van der Waals surface area contributed by atoms with Gasteiger partial charge in [0, 0.05) is 26.9 Å². The quantitative estimate of drug-likeness (QED) is 0.0989. The van der Waals surface area contributed by atoms with Crippen molar-refractivity contribution in [1.29, 1.82) is 0 Å². The van der Waals surface area contributed by atoms with E-state index in [4.69, 9.17) is 25.8 Å². The highest BCUT2D eigenvalue weighted by Gasteiger charge is 2.20. The lowest BCUT2D eigenvalue weighted by atomic mass is 10.1. The molecule has 0 aliphatic carbocycles. The van der Waals surface area contributed by atoms with Crippen LogP contribution in [0.5, 0.6) is 17.2 Å². The predicted octanol–water partition coefficient (Wildman–Crippen LogP) is 7.59. The van der Waals surface area contributed by atoms with Gasteiger partial charge in [-0.1, -0.05) is 48.9 Å². The summed E-state index contributed by atoms with van der Waals surface area (Å²) in [4.78, 5) is 40.7. The van der Waals surface area contributed by atoms with Crippen LogP contribution in [0.15, 0.2) is 95.5 Å². The Morgan fingerprint density at radius 3 is 2.13 bits per heavy atom. The van der Waals surface area contributed by atoms with Gasteiger partial charge in [0.1, 0.15) is 5.70 Å². The number of thioether (sulfide) groups is 1. The Hall–Kier alpha value is -4.93. The number of halogens is 1. The van der Waals surface area contributed by atoms with E-state index in [1.807, 2.05) is 32.0 Å². The Morgan fingerprint density at radius 1 is 0.830 bits per heavy atom. The maximum Gasteiger partial charge on any atom is 0.272 e. The van der Waals surface area contributed by atoms with Crippen molar-refractivity contribution in [1.82, 2.24) is 5.32 Å². The number of carbonyl (C=O) groups is 3. The number of methoxy groups -OCH3 is 3. The van der Waals surface area contributed by atoms with E-state index in [2.05, 4.69) is 16.0 Å². The van der Waals surface area contributed by atoms with Crippen LogP contribution < -0.4 is 30.2 Å².